The Balaban J connectivity index is 0.000000117. The van der Waals surface area contributed by atoms with Gasteiger partial charge in [-0.2, -0.15) is 10.2 Å². The number of aryl methyl sites for hydroxylation is 3. The molecule has 0 spiro atoms. The van der Waals surface area contributed by atoms with E-state index in [0.29, 0.717) is 58.6 Å². The molecule has 10 aromatic carbocycles. The third-order valence-corrected chi connectivity index (χ3v) is 25.9. The molecule has 5 unspecified atom stereocenters. The van der Waals surface area contributed by atoms with E-state index in [9.17, 15) is 24.0 Å². The summed E-state index contributed by atoms with van der Waals surface area (Å²) in [6.07, 6.45) is 18.0. The van der Waals surface area contributed by atoms with Crippen molar-refractivity contribution in [2.75, 3.05) is 59.5 Å². The Kier molecular flexibility index (Phi) is 31.0. The average Bonchev–Trinajstić information content (AvgIpc) is 1.68. The van der Waals surface area contributed by atoms with Crippen molar-refractivity contribution in [2.24, 2.45) is 7.05 Å². The first-order chi connectivity index (χ1) is 69.0. The number of ether oxygens (including phenoxy) is 5. The highest BCUT2D eigenvalue weighted by Gasteiger charge is 2.28. The van der Waals surface area contributed by atoms with E-state index in [0.717, 1.165) is 142 Å². The third-order valence-electron chi connectivity index (χ3n) is 24.2. The molecule has 0 aliphatic heterocycles. The summed E-state index contributed by atoms with van der Waals surface area (Å²) in [6.45, 7) is 7.23. The fourth-order valence-electron chi connectivity index (χ4n) is 16.5. The van der Waals surface area contributed by atoms with Crippen LogP contribution in [-0.4, -0.2) is 136 Å². The topological polar surface area (TPSA) is 451 Å². The molecule has 17 N–H and O–H groups in total. The molecule has 0 saturated heterocycles. The van der Waals surface area contributed by atoms with Crippen LogP contribution in [0.2, 0.25) is 0 Å². The maximum Gasteiger partial charge on any atom is 0.271 e. The summed E-state index contributed by atoms with van der Waals surface area (Å²) in [5, 5.41) is 64.7. The molecule has 0 radical (unpaired) electrons. The van der Waals surface area contributed by atoms with E-state index in [1.165, 1.54) is 74.6 Å². The maximum atomic E-state index is 11.7. The van der Waals surface area contributed by atoms with E-state index in [2.05, 4.69) is 186 Å². The summed E-state index contributed by atoms with van der Waals surface area (Å²) in [6, 6.07) is 83.3. The quantitative estimate of drug-likeness (QED) is 0.0170. The van der Waals surface area contributed by atoms with Crippen molar-refractivity contribution in [1.29, 1.82) is 0 Å². The molecule has 722 valence electrons. The molecule has 10 heterocycles. The molecular weight excluding hydrogens is 1820 g/mol. The number of rotatable bonds is 39. The van der Waals surface area contributed by atoms with Gasteiger partial charge in [-0.3, -0.25) is 85.2 Å². The largest absolute Gasteiger partial charge is 0.493 e. The molecule has 10 aromatic heterocycles. The summed E-state index contributed by atoms with van der Waals surface area (Å²) < 4.78 is 32.3. The van der Waals surface area contributed by atoms with Crippen LogP contribution in [0, 0.1) is 13.8 Å². The molecule has 0 bridgehead atoms. The highest BCUT2D eigenvalue weighted by Crippen LogP contribution is 2.41. The molecule has 2 saturated carbocycles. The van der Waals surface area contributed by atoms with Crippen LogP contribution in [-0.2, 0) is 19.9 Å². The molecule has 33 nitrogen and oxygen atoms in total. The van der Waals surface area contributed by atoms with Crippen molar-refractivity contribution in [3.63, 3.8) is 0 Å². The van der Waals surface area contributed by atoms with Gasteiger partial charge in [0, 0.05) is 159 Å². The predicted octanol–water partition coefficient (Wildman–Crippen LogP) is 19.6. The SMILES string of the molecule is Cc1cnc(NC(CCOc2ccc3c(=O)[nH][nH]c3c2)c2ccccc2)s1.Cc1cnc(NCCC(Cc2ccccc2)Oc2ccc3c(=O)[nH][nH]c3c2)s1.Cn1cnc(NC(CCOc2ccc3c(=O)[nH][nH]c3c2)c2ccccc2)c1.O=c1[nH][nH]c2cc(OC(CCNc3cc(C4CC4)[nH]n3)Cc3ccccc3)ccc12.O=c1[nH][nH]c2cc(OCCC(Nc3cc(C4CC4)[nH]n3)c3ccccc3)ccc12. The zero-order valence-electron chi connectivity index (χ0n) is 78.0. The molecule has 35 heteroatoms. The molecular formula is C106H111N23O10S2. The van der Waals surface area contributed by atoms with Crippen LogP contribution in [0.1, 0.15) is 137 Å². The number of benzene rings is 10. The summed E-state index contributed by atoms with van der Waals surface area (Å²) in [7, 11) is 1.94. The minimum atomic E-state index is -0.125. The molecule has 5 atom stereocenters. The lowest BCUT2D eigenvalue weighted by atomic mass is 10.0. The number of aromatic amines is 12. The van der Waals surface area contributed by atoms with Gasteiger partial charge in [0.2, 0.25) is 0 Å². The van der Waals surface area contributed by atoms with Crippen LogP contribution in [0.4, 0.5) is 27.7 Å². The second kappa shape index (κ2) is 46.1. The zero-order valence-corrected chi connectivity index (χ0v) is 79.6. The number of nitrogens with one attached hydrogen (secondary N) is 17. The summed E-state index contributed by atoms with van der Waals surface area (Å²) in [5.74, 6) is 7.57. The monoisotopic (exact) mass is 1930 g/mol. The van der Waals surface area contributed by atoms with E-state index in [-0.39, 0.29) is 58.1 Å². The Morgan fingerprint density at radius 1 is 0.362 bits per heavy atom. The summed E-state index contributed by atoms with van der Waals surface area (Å²) >= 11 is 3.29. The fraction of sp³-hybridized carbons (Fsp3) is 0.245. The predicted molar refractivity (Wildman–Crippen MR) is 557 cm³/mol. The Morgan fingerprint density at radius 2 is 0.702 bits per heavy atom. The second-order valence-corrected chi connectivity index (χ2v) is 37.4. The van der Waals surface area contributed by atoms with E-state index in [1.807, 2.05) is 196 Å². The highest BCUT2D eigenvalue weighted by molar-refractivity contribution is 7.15. The molecule has 2 aliphatic carbocycles. The molecule has 22 rings (SSSR count). The maximum absolute atomic E-state index is 11.7. The standard InChI is InChI=1S/C23H25N5O2.C22H23N5O2.C21H22N4O2S.C20H21N5O2.C20H20N4O2S/c29-23-19-9-8-17(13-21(19)26-28-23)30-18(12-15-4-2-1-3-5-15)10-11-24-22-14-20(25-27-22)16-6-7-16;28-22-17-9-8-16(12-20(17)25-27-22)29-11-10-18(14-4-2-1-3-5-14)23-21-13-19(24-26-21)15-6-7-15;1-14-13-23-21(28-14)22-10-9-17(11-15-5-3-2-4-6-15)27-16-7-8-18-19(12-16)24-25-20(18)26;1-25-12-19(21-13-25)22-17(14-5-3-2-4-6-14)9-10-27-15-7-8-16-18(11-15)23-24-20(16)26;1-13-12-21-20(27-13)22-17(14-5-3-2-4-6-14)9-10-26-15-7-8-16-18(11-15)23-24-19(16)25/h1-5,8-9,13-14,16,18H,6-7,10-12H2,(H2,24,25,27)(H2,26,28,29);1-5,8-9,12-13,15,18H,6-7,10-11H2,(H2,23,24,26)(H2,25,27,28);2-8,12-13,17H,9-11H2,1H3,(H,22,23)(H2,24,25,26);2-8,11-13,17,22H,9-10H2,1H3,(H2,23,24,26);2-8,11-12,17H,9-10H2,1H3,(H,21,22)(H2,23,24,25). The zero-order chi connectivity index (χ0) is 96.6. The minimum absolute atomic E-state index is 0.000858. The lowest BCUT2D eigenvalue weighted by Gasteiger charge is -2.20. The normalized spacial score (nSPS) is 13.2. The van der Waals surface area contributed by atoms with E-state index in [1.54, 1.807) is 59.3 Å². The number of nitrogens with zero attached hydrogens (tertiary/aromatic N) is 6. The molecule has 2 fully saturated rings. The average molecular weight is 1930 g/mol. The van der Waals surface area contributed by atoms with Gasteiger partial charge in [-0.25, -0.2) is 15.0 Å². The molecule has 141 heavy (non-hydrogen) atoms. The van der Waals surface area contributed by atoms with Crippen LogP contribution >= 0.6 is 22.7 Å². The molecule has 2 aliphatic rings. The number of anilines is 5. The number of thiazole rings is 2. The lowest BCUT2D eigenvalue weighted by molar-refractivity contribution is 0.195. The fourth-order valence-corrected chi connectivity index (χ4v) is 18.0. The van der Waals surface area contributed by atoms with Gasteiger partial charge >= 0.3 is 0 Å². The number of imidazole rings is 1. The Morgan fingerprint density at radius 3 is 1.07 bits per heavy atom. The number of hydrogen-bond acceptors (Lipinski definition) is 22. The van der Waals surface area contributed by atoms with Crippen LogP contribution < -0.4 is 78.1 Å². The van der Waals surface area contributed by atoms with Gasteiger partial charge in [0.15, 0.2) is 10.3 Å². The molecule has 0 amide bonds. The molecule has 20 aromatic rings. The van der Waals surface area contributed by atoms with Gasteiger partial charge in [0.25, 0.3) is 27.8 Å². The summed E-state index contributed by atoms with van der Waals surface area (Å²) in [4.78, 5) is 73.7. The first kappa shape index (κ1) is 94.8. The Hall–Kier alpha value is -16.6. The minimum Gasteiger partial charge on any atom is -0.493 e. The summed E-state index contributed by atoms with van der Waals surface area (Å²) in [5.41, 5.74) is 11.6. The van der Waals surface area contributed by atoms with Crippen LogP contribution in [0.5, 0.6) is 28.7 Å². The van der Waals surface area contributed by atoms with Gasteiger partial charge in [-0.15, -0.1) is 22.7 Å². The van der Waals surface area contributed by atoms with Crippen LogP contribution in [0.15, 0.2) is 304 Å². The van der Waals surface area contributed by atoms with E-state index < -0.39 is 0 Å². The van der Waals surface area contributed by atoms with Crippen molar-refractivity contribution in [1.82, 2.24) is 90.9 Å². The highest BCUT2D eigenvalue weighted by atomic mass is 32.1. The number of hydrogen-bond donors (Lipinski definition) is 17. The van der Waals surface area contributed by atoms with Crippen LogP contribution in [0.25, 0.3) is 54.5 Å². The number of aromatic nitrogens is 18. The van der Waals surface area contributed by atoms with Crippen molar-refractivity contribution < 1.29 is 23.7 Å². The van der Waals surface area contributed by atoms with Gasteiger partial charge in [0.05, 0.1) is 98.8 Å². The Labute approximate surface area is 816 Å². The van der Waals surface area contributed by atoms with Gasteiger partial charge in [-0.1, -0.05) is 152 Å². The second-order valence-electron chi connectivity index (χ2n) is 34.9. The smallest absolute Gasteiger partial charge is 0.271 e. The van der Waals surface area contributed by atoms with Gasteiger partial charge in [-0.05, 0) is 128 Å². The Bertz CT molecular complexity index is 7520. The third kappa shape index (κ3) is 26.4. The first-order valence-electron chi connectivity index (χ1n) is 47.2. The van der Waals surface area contributed by atoms with Crippen molar-refractivity contribution in [3.05, 3.63) is 380 Å². The van der Waals surface area contributed by atoms with Gasteiger partial charge in [0.1, 0.15) is 58.4 Å². The van der Waals surface area contributed by atoms with Crippen molar-refractivity contribution in [2.45, 2.75) is 127 Å². The number of fused-ring (bicyclic) bond motifs is 5. The van der Waals surface area contributed by atoms with E-state index >= 15 is 0 Å². The van der Waals surface area contributed by atoms with Crippen molar-refractivity contribution in [3.8, 4) is 28.7 Å². The lowest BCUT2D eigenvalue weighted by Crippen LogP contribution is -2.23. The van der Waals surface area contributed by atoms with E-state index in [4.69, 9.17) is 23.7 Å². The van der Waals surface area contributed by atoms with Crippen molar-refractivity contribution >= 4 is 105 Å². The number of H-pyrrole nitrogens is 12. The van der Waals surface area contributed by atoms with Gasteiger partial charge < -0.3 is 54.8 Å². The first-order valence-corrected chi connectivity index (χ1v) is 48.9. The van der Waals surface area contributed by atoms with Crippen LogP contribution in [0.3, 0.4) is 0 Å².